The van der Waals surface area contributed by atoms with Crippen molar-refractivity contribution in [1.29, 1.82) is 0 Å². The van der Waals surface area contributed by atoms with E-state index in [2.05, 4.69) is 9.62 Å². The van der Waals surface area contributed by atoms with Crippen LogP contribution in [0.25, 0.3) is 0 Å². The maximum absolute atomic E-state index is 13.4. The third kappa shape index (κ3) is 5.33. The lowest BCUT2D eigenvalue weighted by molar-refractivity contribution is 0.0207. The molecule has 1 aromatic carbocycles. The van der Waals surface area contributed by atoms with Gasteiger partial charge in [0.25, 0.3) is 10.2 Å². The Labute approximate surface area is 209 Å². The second kappa shape index (κ2) is 10.5. The molecule has 3 atom stereocenters. The summed E-state index contributed by atoms with van der Waals surface area (Å²) in [6, 6.07) is 3.89. The van der Waals surface area contributed by atoms with Crippen LogP contribution in [0.4, 0.5) is 0 Å². The maximum Gasteiger partial charge on any atom is 0.278 e. The van der Waals surface area contributed by atoms with E-state index in [0.29, 0.717) is 18.9 Å². The van der Waals surface area contributed by atoms with Gasteiger partial charge < -0.3 is 9.47 Å². The molecule has 0 amide bonds. The molecule has 10 nitrogen and oxygen atoms in total. The van der Waals surface area contributed by atoms with Crippen LogP contribution < -0.4 is 14.2 Å². The highest BCUT2D eigenvalue weighted by molar-refractivity contribution is 7.89. The Morgan fingerprint density at radius 1 is 1.09 bits per heavy atom. The van der Waals surface area contributed by atoms with Crippen LogP contribution in [0.5, 0.6) is 11.5 Å². The molecule has 3 heterocycles. The summed E-state index contributed by atoms with van der Waals surface area (Å²) >= 11 is 0. The third-order valence-electron chi connectivity index (χ3n) is 7.64. The molecule has 0 radical (unpaired) electrons. The average Bonchev–Trinajstić information content (AvgIpc) is 2.84. The molecule has 0 aromatic heterocycles. The van der Waals surface area contributed by atoms with Crippen LogP contribution in [0.3, 0.4) is 0 Å². The van der Waals surface area contributed by atoms with Gasteiger partial charge in [-0.15, -0.1) is 0 Å². The Kier molecular flexibility index (Phi) is 7.99. The number of nitrogens with one attached hydrogen (secondary N) is 1. The summed E-state index contributed by atoms with van der Waals surface area (Å²) in [5.74, 6) is 1.90. The lowest BCUT2D eigenvalue weighted by Gasteiger charge is -2.52. The van der Waals surface area contributed by atoms with Gasteiger partial charge in [-0.3, -0.25) is 4.90 Å². The first-order valence-corrected chi connectivity index (χ1v) is 15.3. The van der Waals surface area contributed by atoms with Crippen molar-refractivity contribution in [2.75, 3.05) is 60.2 Å². The normalized spacial score (nSPS) is 25.6. The predicted octanol–water partition coefficient (Wildman–Crippen LogP) is 1.20. The second-order valence-corrected chi connectivity index (χ2v) is 13.8. The summed E-state index contributed by atoms with van der Waals surface area (Å²) in [6.45, 7) is 2.39. The largest absolute Gasteiger partial charge is 0.496 e. The number of fused-ring (bicyclic) bond motifs is 4. The summed E-state index contributed by atoms with van der Waals surface area (Å²) in [4.78, 5) is 2.48. The Morgan fingerprint density at radius 3 is 2.49 bits per heavy atom. The first-order chi connectivity index (χ1) is 16.6. The lowest BCUT2D eigenvalue weighted by Crippen LogP contribution is -2.57. The quantitative estimate of drug-likeness (QED) is 0.478. The van der Waals surface area contributed by atoms with E-state index in [1.807, 2.05) is 12.1 Å². The molecule has 0 unspecified atom stereocenters. The van der Waals surface area contributed by atoms with E-state index in [9.17, 15) is 16.8 Å². The van der Waals surface area contributed by atoms with E-state index < -0.39 is 20.2 Å². The van der Waals surface area contributed by atoms with Crippen LogP contribution >= 0.6 is 0 Å². The Balaban J connectivity index is 1.52. The number of methoxy groups -OCH3 is 2. The molecule has 0 aliphatic carbocycles. The van der Waals surface area contributed by atoms with E-state index in [0.717, 1.165) is 59.3 Å². The Morgan fingerprint density at radius 2 is 1.80 bits per heavy atom. The highest BCUT2D eigenvalue weighted by Crippen LogP contribution is 2.48. The number of ether oxygens (including phenoxy) is 2. The first-order valence-electron chi connectivity index (χ1n) is 12.2. The van der Waals surface area contributed by atoms with Gasteiger partial charge in [0.15, 0.2) is 0 Å². The minimum Gasteiger partial charge on any atom is -0.496 e. The zero-order chi connectivity index (χ0) is 25.4. The van der Waals surface area contributed by atoms with Crippen LogP contribution in [0.1, 0.15) is 42.9 Å². The number of nitrogens with zero attached hydrogens (tertiary/aromatic N) is 3. The highest BCUT2D eigenvalue weighted by Gasteiger charge is 2.46. The zero-order valence-electron chi connectivity index (χ0n) is 21.1. The molecule has 3 aliphatic heterocycles. The molecule has 0 saturated carbocycles. The fourth-order valence-corrected chi connectivity index (χ4v) is 8.38. The molecule has 2 fully saturated rings. The molecular weight excluding hydrogens is 492 g/mol. The van der Waals surface area contributed by atoms with Crippen molar-refractivity contribution >= 4 is 20.2 Å². The monoisotopic (exact) mass is 530 g/mol. The third-order valence-corrected chi connectivity index (χ3v) is 11.1. The van der Waals surface area contributed by atoms with Crippen molar-refractivity contribution in [2.45, 2.75) is 44.2 Å². The number of sulfonamides is 1. The molecule has 1 N–H and O–H groups in total. The van der Waals surface area contributed by atoms with Gasteiger partial charge in [-0.1, -0.05) is 0 Å². The van der Waals surface area contributed by atoms with Gasteiger partial charge in [-0.25, -0.2) is 13.1 Å². The van der Waals surface area contributed by atoms with E-state index in [-0.39, 0.29) is 30.8 Å². The van der Waals surface area contributed by atoms with Crippen molar-refractivity contribution in [1.82, 2.24) is 18.2 Å². The molecule has 198 valence electrons. The molecule has 3 aliphatic rings. The van der Waals surface area contributed by atoms with Gasteiger partial charge in [0.2, 0.25) is 10.0 Å². The van der Waals surface area contributed by atoms with Gasteiger partial charge in [-0.05, 0) is 50.2 Å². The Hall–Kier alpha value is -1.44. The summed E-state index contributed by atoms with van der Waals surface area (Å²) in [6.07, 6.45) is 3.69. The highest BCUT2D eigenvalue weighted by atomic mass is 32.2. The molecule has 0 spiro atoms. The molecule has 2 saturated heterocycles. The van der Waals surface area contributed by atoms with Crippen LogP contribution in [0.15, 0.2) is 12.1 Å². The average molecular weight is 531 g/mol. The number of benzene rings is 1. The summed E-state index contributed by atoms with van der Waals surface area (Å²) in [5.41, 5.74) is 2.28. The van der Waals surface area contributed by atoms with Crippen molar-refractivity contribution in [3.8, 4) is 11.5 Å². The molecule has 35 heavy (non-hydrogen) atoms. The van der Waals surface area contributed by atoms with Crippen LogP contribution in [0.2, 0.25) is 0 Å². The first kappa shape index (κ1) is 26.6. The zero-order valence-corrected chi connectivity index (χ0v) is 22.7. The van der Waals surface area contributed by atoms with E-state index in [1.165, 1.54) is 14.1 Å². The molecule has 0 bridgehead atoms. The summed E-state index contributed by atoms with van der Waals surface area (Å²) in [7, 11) is -0.861. The van der Waals surface area contributed by atoms with Gasteiger partial charge in [0.1, 0.15) is 11.5 Å². The smallest absolute Gasteiger partial charge is 0.278 e. The minimum atomic E-state index is -3.57. The van der Waals surface area contributed by atoms with E-state index in [4.69, 9.17) is 9.47 Å². The Bertz CT molecular complexity index is 1130. The SMILES string of the molecule is COc1ccc(OC)c2c1CCN1C[C@H]3CCCN(S(=O)(=O)CCCNS(=O)(=O)N(C)C)[C@H]3C[C@@H]21. The van der Waals surface area contributed by atoms with Gasteiger partial charge in [-0.2, -0.15) is 17.0 Å². The molecule has 4 rings (SSSR count). The fraction of sp³-hybridized carbons (Fsp3) is 0.739. The van der Waals surface area contributed by atoms with Crippen LogP contribution in [-0.4, -0.2) is 96.6 Å². The topological polar surface area (TPSA) is 108 Å². The summed E-state index contributed by atoms with van der Waals surface area (Å²) in [5, 5.41) is 0. The van der Waals surface area contributed by atoms with Gasteiger partial charge in [0, 0.05) is 63.5 Å². The number of hydrogen-bond acceptors (Lipinski definition) is 7. The second-order valence-electron chi connectivity index (χ2n) is 9.79. The number of rotatable bonds is 9. The number of piperidine rings is 2. The predicted molar refractivity (Wildman–Crippen MR) is 134 cm³/mol. The van der Waals surface area contributed by atoms with Crippen molar-refractivity contribution < 1.29 is 26.3 Å². The lowest BCUT2D eigenvalue weighted by atomic mass is 9.77. The van der Waals surface area contributed by atoms with Crippen molar-refractivity contribution in [2.24, 2.45) is 5.92 Å². The standard InChI is InChI=1S/C23H38N4O6S2/c1-25(2)35(30,31)24-11-6-14-34(28,29)27-12-5-7-17-16-26-13-10-18-21(32-3)8-9-22(33-4)23(18)20(26)15-19(17)27/h8-9,17,19-20,24H,5-7,10-16H2,1-4H3/t17-,19+,20+/m1/s1. The van der Waals surface area contributed by atoms with Crippen LogP contribution in [0, 0.1) is 5.92 Å². The minimum absolute atomic E-state index is 0.0738. The van der Waals surface area contributed by atoms with Crippen molar-refractivity contribution in [3.05, 3.63) is 23.3 Å². The maximum atomic E-state index is 13.4. The van der Waals surface area contributed by atoms with Crippen molar-refractivity contribution in [3.63, 3.8) is 0 Å². The number of hydrogen-bond donors (Lipinski definition) is 1. The van der Waals surface area contributed by atoms with Gasteiger partial charge >= 0.3 is 0 Å². The van der Waals surface area contributed by atoms with Crippen LogP contribution in [-0.2, 0) is 26.7 Å². The van der Waals surface area contributed by atoms with Gasteiger partial charge in [0.05, 0.1) is 20.0 Å². The van der Waals surface area contributed by atoms with E-state index >= 15 is 0 Å². The molecule has 12 heteroatoms. The van der Waals surface area contributed by atoms with E-state index in [1.54, 1.807) is 18.5 Å². The molecule has 1 aromatic rings. The molecular formula is C23H38N4O6S2. The fourth-order valence-electron chi connectivity index (χ4n) is 5.90. The summed E-state index contributed by atoms with van der Waals surface area (Å²) < 4.78 is 67.2.